The van der Waals surface area contributed by atoms with Crippen molar-refractivity contribution in [2.24, 2.45) is 0 Å². The molecule has 1 aliphatic rings. The van der Waals surface area contributed by atoms with Crippen molar-refractivity contribution in [1.29, 1.82) is 0 Å². The molecule has 0 saturated heterocycles. The van der Waals surface area contributed by atoms with E-state index < -0.39 is 0 Å². The van der Waals surface area contributed by atoms with Crippen LogP contribution in [-0.2, 0) is 0 Å². The molecule has 3 nitrogen and oxygen atoms in total. The number of phenolic OH excluding ortho intramolecular Hbond substituents is 1. The van der Waals surface area contributed by atoms with Crippen LogP contribution in [0.3, 0.4) is 0 Å². The molecule has 0 aliphatic carbocycles. The molecule has 1 atom stereocenters. The maximum absolute atomic E-state index is 9.91. The molecule has 1 aliphatic heterocycles. The fourth-order valence-electron chi connectivity index (χ4n) is 2.05. The highest BCUT2D eigenvalue weighted by molar-refractivity contribution is 7.10. The Kier molecular flexibility index (Phi) is 2.81. The maximum atomic E-state index is 9.91. The smallest absolute Gasteiger partial charge is 0.124 e. The van der Waals surface area contributed by atoms with Crippen LogP contribution in [0.5, 0.6) is 5.75 Å². The van der Waals surface area contributed by atoms with E-state index in [4.69, 9.17) is 0 Å². The summed E-state index contributed by atoms with van der Waals surface area (Å²) in [4.78, 5) is 1.25. The van der Waals surface area contributed by atoms with Gasteiger partial charge in [0.2, 0.25) is 0 Å². The van der Waals surface area contributed by atoms with Crippen LogP contribution < -0.4 is 10.9 Å². The number of aryl methyl sites for hydroxylation is 1. The van der Waals surface area contributed by atoms with Gasteiger partial charge in [-0.25, -0.2) is 5.43 Å². The van der Waals surface area contributed by atoms with E-state index in [0.717, 1.165) is 16.8 Å². The first-order chi connectivity index (χ1) is 8.74. The Morgan fingerprint density at radius 1 is 1.28 bits per heavy atom. The highest BCUT2D eigenvalue weighted by Gasteiger charge is 2.19. The van der Waals surface area contributed by atoms with Crippen molar-refractivity contribution in [2.75, 3.05) is 0 Å². The number of benzene rings is 1. The molecule has 1 aromatic heterocycles. The van der Waals surface area contributed by atoms with Crippen molar-refractivity contribution in [3.63, 3.8) is 0 Å². The van der Waals surface area contributed by atoms with E-state index in [2.05, 4.69) is 28.4 Å². The molecule has 0 spiro atoms. The predicted octanol–water partition coefficient (Wildman–Crippen LogP) is 2.95. The number of aromatic hydroxyl groups is 1. The minimum Gasteiger partial charge on any atom is -0.507 e. The minimum absolute atomic E-state index is 0.167. The molecule has 0 amide bonds. The number of thiophene rings is 1. The van der Waals surface area contributed by atoms with Gasteiger partial charge in [0, 0.05) is 10.4 Å². The lowest BCUT2D eigenvalue weighted by atomic mass is 10.1. The summed E-state index contributed by atoms with van der Waals surface area (Å²) in [5, 5.41) is 12.0. The first-order valence-corrected chi connectivity index (χ1v) is 6.69. The average molecular weight is 258 g/mol. The van der Waals surface area contributed by atoms with Crippen molar-refractivity contribution < 1.29 is 5.11 Å². The third-order valence-electron chi connectivity index (χ3n) is 2.99. The van der Waals surface area contributed by atoms with Gasteiger partial charge in [-0.1, -0.05) is 17.7 Å². The zero-order valence-corrected chi connectivity index (χ0v) is 10.8. The molecule has 2 aromatic rings. The van der Waals surface area contributed by atoms with Crippen molar-refractivity contribution in [2.45, 2.75) is 13.0 Å². The van der Waals surface area contributed by atoms with Crippen LogP contribution in [0.2, 0.25) is 0 Å². The Labute approximate surface area is 110 Å². The summed E-state index contributed by atoms with van der Waals surface area (Å²) in [6, 6.07) is 9.91. The second kappa shape index (κ2) is 4.48. The molecule has 0 bridgehead atoms. The number of hydrogen-bond donors (Lipinski definition) is 3. The Morgan fingerprint density at radius 2 is 2.17 bits per heavy atom. The monoisotopic (exact) mass is 258 g/mol. The van der Waals surface area contributed by atoms with Gasteiger partial charge in [0.05, 0.1) is 11.7 Å². The summed E-state index contributed by atoms with van der Waals surface area (Å²) in [7, 11) is 0. The number of hydrazine groups is 1. The number of nitrogens with one attached hydrogen (secondary N) is 2. The van der Waals surface area contributed by atoms with E-state index in [9.17, 15) is 5.11 Å². The second-order valence-electron chi connectivity index (χ2n) is 4.36. The van der Waals surface area contributed by atoms with E-state index >= 15 is 0 Å². The number of phenols is 1. The van der Waals surface area contributed by atoms with Crippen LogP contribution in [-0.4, -0.2) is 5.11 Å². The fourth-order valence-corrected chi connectivity index (χ4v) is 2.79. The summed E-state index contributed by atoms with van der Waals surface area (Å²) < 4.78 is 0. The van der Waals surface area contributed by atoms with Crippen LogP contribution in [0.15, 0.2) is 41.8 Å². The normalized spacial score (nSPS) is 18.5. The molecule has 3 N–H and O–H groups in total. The van der Waals surface area contributed by atoms with Gasteiger partial charge in [-0.05, 0) is 36.6 Å². The largest absolute Gasteiger partial charge is 0.507 e. The summed E-state index contributed by atoms with van der Waals surface area (Å²) in [6.45, 7) is 2.02. The molecule has 3 rings (SSSR count). The molecule has 92 valence electrons. The van der Waals surface area contributed by atoms with E-state index in [1.54, 1.807) is 17.4 Å². The van der Waals surface area contributed by atoms with Crippen LogP contribution in [0.4, 0.5) is 0 Å². The van der Waals surface area contributed by atoms with Gasteiger partial charge in [0.25, 0.3) is 0 Å². The van der Waals surface area contributed by atoms with Gasteiger partial charge < -0.3 is 10.5 Å². The molecule has 4 heteroatoms. The van der Waals surface area contributed by atoms with Gasteiger partial charge in [0.15, 0.2) is 0 Å². The first kappa shape index (κ1) is 11.3. The molecule has 18 heavy (non-hydrogen) atoms. The van der Waals surface area contributed by atoms with Gasteiger partial charge in [0.1, 0.15) is 5.75 Å². The lowest BCUT2D eigenvalue weighted by molar-refractivity contribution is 0.472. The van der Waals surface area contributed by atoms with E-state index in [1.807, 2.05) is 25.1 Å². The molecule has 0 radical (unpaired) electrons. The molecule has 0 fully saturated rings. The molecule has 1 aromatic carbocycles. The van der Waals surface area contributed by atoms with Crippen LogP contribution >= 0.6 is 11.3 Å². The van der Waals surface area contributed by atoms with Crippen LogP contribution in [0.1, 0.15) is 22.0 Å². The Morgan fingerprint density at radius 3 is 2.94 bits per heavy atom. The highest BCUT2D eigenvalue weighted by atomic mass is 32.1. The summed E-state index contributed by atoms with van der Waals surface area (Å²) in [5.41, 5.74) is 9.24. The van der Waals surface area contributed by atoms with Crippen molar-refractivity contribution in [1.82, 2.24) is 10.9 Å². The molecular weight excluding hydrogens is 244 g/mol. The van der Waals surface area contributed by atoms with Gasteiger partial charge in [-0.15, -0.1) is 11.3 Å². The van der Waals surface area contributed by atoms with Crippen LogP contribution in [0.25, 0.3) is 5.70 Å². The number of rotatable bonds is 2. The average Bonchev–Trinajstić information content (AvgIpc) is 3.00. The van der Waals surface area contributed by atoms with E-state index in [-0.39, 0.29) is 6.04 Å². The van der Waals surface area contributed by atoms with Gasteiger partial charge in [-0.3, -0.25) is 0 Å². The third-order valence-corrected chi connectivity index (χ3v) is 3.94. The Hall–Kier alpha value is -1.78. The zero-order chi connectivity index (χ0) is 12.5. The summed E-state index contributed by atoms with van der Waals surface area (Å²) in [6.07, 6.45) is 2.10. The first-order valence-electron chi connectivity index (χ1n) is 5.81. The van der Waals surface area contributed by atoms with Crippen molar-refractivity contribution >= 4 is 17.0 Å². The van der Waals surface area contributed by atoms with Crippen LogP contribution in [0, 0.1) is 6.92 Å². The maximum Gasteiger partial charge on any atom is 0.124 e. The second-order valence-corrected chi connectivity index (χ2v) is 5.34. The topological polar surface area (TPSA) is 44.3 Å². The Bertz CT molecular complexity index is 590. The fraction of sp³-hybridized carbons (Fsp3) is 0.143. The molecule has 0 saturated carbocycles. The predicted molar refractivity (Wildman–Crippen MR) is 74.2 cm³/mol. The third kappa shape index (κ3) is 2.00. The van der Waals surface area contributed by atoms with Gasteiger partial charge >= 0.3 is 0 Å². The Balaban J connectivity index is 1.94. The molecular formula is C14H14N2OS. The lowest BCUT2D eigenvalue weighted by Gasteiger charge is -2.08. The zero-order valence-electron chi connectivity index (χ0n) is 9.97. The van der Waals surface area contributed by atoms with Crippen molar-refractivity contribution in [3.05, 3.63) is 57.8 Å². The lowest BCUT2D eigenvalue weighted by Crippen LogP contribution is -2.25. The molecule has 0 unspecified atom stereocenters. The van der Waals surface area contributed by atoms with E-state index in [0.29, 0.717) is 5.75 Å². The quantitative estimate of drug-likeness (QED) is 0.776. The highest BCUT2D eigenvalue weighted by Crippen LogP contribution is 2.31. The summed E-state index contributed by atoms with van der Waals surface area (Å²) >= 11 is 1.72. The van der Waals surface area contributed by atoms with E-state index in [1.165, 1.54) is 4.88 Å². The number of hydrogen-bond acceptors (Lipinski definition) is 4. The summed E-state index contributed by atoms with van der Waals surface area (Å²) in [5.74, 6) is 0.299. The SMILES string of the molecule is Cc1ccc(O)c(C2=C[C@H](c3cccs3)NN2)c1. The standard InChI is InChI=1S/C14H14N2OS/c1-9-4-5-13(17)10(7-9)11-8-12(16-15-11)14-3-2-6-18-14/h2-8,12,15-17H,1H3/t12-/m1/s1. The van der Waals surface area contributed by atoms with Crippen molar-refractivity contribution in [3.8, 4) is 5.75 Å². The van der Waals surface area contributed by atoms with Gasteiger partial charge in [-0.2, -0.15) is 0 Å². The molecule has 2 heterocycles. The minimum atomic E-state index is 0.167.